The van der Waals surface area contributed by atoms with Crippen LogP contribution in [0.4, 0.5) is 18.9 Å². The second kappa shape index (κ2) is 7.83. The maximum absolute atomic E-state index is 12.9. The van der Waals surface area contributed by atoms with Crippen molar-refractivity contribution in [1.82, 2.24) is 5.43 Å². The highest BCUT2D eigenvalue weighted by atomic mass is 19.4. The first-order chi connectivity index (χ1) is 11.4. The molecule has 2 N–H and O–H groups in total. The first-order valence-corrected chi connectivity index (χ1v) is 7.25. The quantitative estimate of drug-likeness (QED) is 0.789. The van der Waals surface area contributed by atoms with Gasteiger partial charge in [0.25, 0.3) is 5.91 Å². The second-order valence-electron chi connectivity index (χ2n) is 5.10. The molecule has 128 valence electrons. The first kappa shape index (κ1) is 17.8. The Hall–Kier alpha value is -2.54. The standard InChI is InChI=1S/C17H17F3N2O2/c1-12(24-11-13-7-3-2-4-8-13)16(23)22-21-15-10-6-5-9-14(15)17(18,19)20/h2-10,12,21H,11H2,1H3,(H,22,23)/t12-/m1/s1. The highest BCUT2D eigenvalue weighted by molar-refractivity contribution is 5.81. The van der Waals surface area contributed by atoms with Crippen LogP contribution in [0, 0.1) is 0 Å². The summed E-state index contributed by atoms with van der Waals surface area (Å²) in [5, 5.41) is 0. The van der Waals surface area contributed by atoms with E-state index in [0.717, 1.165) is 11.6 Å². The van der Waals surface area contributed by atoms with Crippen molar-refractivity contribution in [2.45, 2.75) is 25.8 Å². The minimum atomic E-state index is -4.51. The van der Waals surface area contributed by atoms with Gasteiger partial charge in [-0.3, -0.25) is 15.6 Å². The zero-order chi connectivity index (χ0) is 17.6. The smallest absolute Gasteiger partial charge is 0.364 e. The SMILES string of the molecule is C[C@@H](OCc1ccccc1)C(=O)NNc1ccccc1C(F)(F)F. The summed E-state index contributed by atoms with van der Waals surface area (Å²) < 4.78 is 44.0. The molecule has 0 spiro atoms. The van der Waals surface area contributed by atoms with Crippen LogP contribution in [0.2, 0.25) is 0 Å². The Labute approximate surface area is 137 Å². The van der Waals surface area contributed by atoms with Crippen LogP contribution < -0.4 is 10.9 Å². The molecule has 2 rings (SSSR count). The summed E-state index contributed by atoms with van der Waals surface area (Å²) in [5.74, 6) is -0.567. The van der Waals surface area contributed by atoms with Gasteiger partial charge in [0.2, 0.25) is 0 Å². The van der Waals surface area contributed by atoms with Crippen LogP contribution in [0.15, 0.2) is 54.6 Å². The van der Waals surface area contributed by atoms with Gasteiger partial charge < -0.3 is 4.74 Å². The van der Waals surface area contributed by atoms with E-state index < -0.39 is 23.8 Å². The second-order valence-corrected chi connectivity index (χ2v) is 5.10. The van der Waals surface area contributed by atoms with Crippen LogP contribution in [0.3, 0.4) is 0 Å². The van der Waals surface area contributed by atoms with Gasteiger partial charge in [0.05, 0.1) is 17.9 Å². The maximum atomic E-state index is 12.9. The Morgan fingerprint density at radius 3 is 2.38 bits per heavy atom. The number of para-hydroxylation sites is 1. The molecule has 0 aliphatic rings. The Morgan fingerprint density at radius 2 is 1.71 bits per heavy atom. The zero-order valence-corrected chi connectivity index (χ0v) is 12.9. The molecule has 0 bridgehead atoms. The maximum Gasteiger partial charge on any atom is 0.418 e. The number of nitrogens with one attached hydrogen (secondary N) is 2. The molecule has 0 heterocycles. The number of rotatable bonds is 6. The largest absolute Gasteiger partial charge is 0.418 e. The molecule has 4 nitrogen and oxygen atoms in total. The first-order valence-electron chi connectivity index (χ1n) is 7.25. The van der Waals surface area contributed by atoms with Crippen LogP contribution in [0.1, 0.15) is 18.1 Å². The Morgan fingerprint density at radius 1 is 1.08 bits per heavy atom. The van der Waals surface area contributed by atoms with E-state index in [1.165, 1.54) is 25.1 Å². The number of amides is 1. The van der Waals surface area contributed by atoms with Crippen molar-refractivity contribution < 1.29 is 22.7 Å². The lowest BCUT2D eigenvalue weighted by atomic mass is 10.2. The van der Waals surface area contributed by atoms with Crippen molar-refractivity contribution in [3.63, 3.8) is 0 Å². The minimum absolute atomic E-state index is 0.228. The number of alkyl halides is 3. The van der Waals surface area contributed by atoms with Gasteiger partial charge in [-0.05, 0) is 24.6 Å². The molecule has 0 saturated carbocycles. The van der Waals surface area contributed by atoms with Crippen LogP contribution in [-0.2, 0) is 22.3 Å². The molecule has 7 heteroatoms. The molecule has 1 amide bonds. The number of anilines is 1. The number of halogens is 3. The van der Waals surface area contributed by atoms with Gasteiger partial charge in [-0.25, -0.2) is 0 Å². The molecule has 0 radical (unpaired) electrons. The zero-order valence-electron chi connectivity index (χ0n) is 12.9. The summed E-state index contributed by atoms with van der Waals surface area (Å²) >= 11 is 0. The lowest BCUT2D eigenvalue weighted by Gasteiger charge is -2.17. The van der Waals surface area contributed by atoms with E-state index in [1.54, 1.807) is 0 Å². The topological polar surface area (TPSA) is 50.4 Å². The summed E-state index contributed by atoms with van der Waals surface area (Å²) in [6.45, 7) is 1.75. The third kappa shape index (κ3) is 4.99. The fourth-order valence-corrected chi connectivity index (χ4v) is 1.94. The normalized spacial score (nSPS) is 12.5. The molecular formula is C17H17F3N2O2. The average molecular weight is 338 g/mol. The molecule has 2 aromatic rings. The van der Waals surface area contributed by atoms with E-state index >= 15 is 0 Å². The van der Waals surface area contributed by atoms with Crippen molar-refractivity contribution in [1.29, 1.82) is 0 Å². The van der Waals surface area contributed by atoms with Crippen LogP contribution in [0.25, 0.3) is 0 Å². The Kier molecular flexibility index (Phi) is 5.81. The van der Waals surface area contributed by atoms with E-state index in [1.807, 2.05) is 30.3 Å². The van der Waals surface area contributed by atoms with Crippen molar-refractivity contribution in [3.8, 4) is 0 Å². The van der Waals surface area contributed by atoms with Gasteiger partial charge in [-0.1, -0.05) is 42.5 Å². The fraction of sp³-hybridized carbons (Fsp3) is 0.235. The Balaban J connectivity index is 1.89. The van der Waals surface area contributed by atoms with E-state index in [2.05, 4.69) is 10.9 Å². The van der Waals surface area contributed by atoms with Gasteiger partial charge >= 0.3 is 6.18 Å². The molecule has 0 saturated heterocycles. The van der Waals surface area contributed by atoms with Gasteiger partial charge in [-0.2, -0.15) is 13.2 Å². The van der Waals surface area contributed by atoms with Crippen molar-refractivity contribution >= 4 is 11.6 Å². The van der Waals surface area contributed by atoms with E-state index in [9.17, 15) is 18.0 Å². The van der Waals surface area contributed by atoms with Gasteiger partial charge in [0.1, 0.15) is 6.10 Å². The highest BCUT2D eigenvalue weighted by Gasteiger charge is 2.33. The summed E-state index contributed by atoms with van der Waals surface area (Å²) in [7, 11) is 0. The summed E-state index contributed by atoms with van der Waals surface area (Å²) in [6, 6.07) is 14.1. The van der Waals surface area contributed by atoms with Crippen molar-refractivity contribution in [3.05, 3.63) is 65.7 Å². The van der Waals surface area contributed by atoms with Crippen molar-refractivity contribution in [2.75, 3.05) is 5.43 Å². The number of carbonyl (C=O) groups is 1. The monoisotopic (exact) mass is 338 g/mol. The van der Waals surface area contributed by atoms with Gasteiger partial charge in [0, 0.05) is 0 Å². The van der Waals surface area contributed by atoms with E-state index in [0.29, 0.717) is 0 Å². The lowest BCUT2D eigenvalue weighted by Crippen LogP contribution is -2.38. The molecular weight excluding hydrogens is 321 g/mol. The summed E-state index contributed by atoms with van der Waals surface area (Å²) in [4.78, 5) is 11.9. The molecule has 0 aromatic heterocycles. The predicted molar refractivity (Wildman–Crippen MR) is 83.9 cm³/mol. The molecule has 0 aliphatic heterocycles. The van der Waals surface area contributed by atoms with Crippen LogP contribution in [-0.4, -0.2) is 12.0 Å². The van der Waals surface area contributed by atoms with Crippen LogP contribution in [0.5, 0.6) is 0 Å². The molecule has 1 atom stereocenters. The van der Waals surface area contributed by atoms with E-state index in [-0.39, 0.29) is 12.3 Å². The highest BCUT2D eigenvalue weighted by Crippen LogP contribution is 2.34. The fourth-order valence-electron chi connectivity index (χ4n) is 1.94. The number of hydrogen-bond acceptors (Lipinski definition) is 3. The minimum Gasteiger partial charge on any atom is -0.364 e. The molecule has 24 heavy (non-hydrogen) atoms. The van der Waals surface area contributed by atoms with E-state index in [4.69, 9.17) is 4.74 Å². The summed E-state index contributed by atoms with van der Waals surface area (Å²) in [5.41, 5.74) is 4.34. The van der Waals surface area contributed by atoms with Gasteiger partial charge in [0.15, 0.2) is 0 Å². The number of benzene rings is 2. The average Bonchev–Trinajstić information content (AvgIpc) is 2.58. The number of ether oxygens (including phenoxy) is 1. The van der Waals surface area contributed by atoms with Gasteiger partial charge in [-0.15, -0.1) is 0 Å². The number of carbonyl (C=O) groups excluding carboxylic acids is 1. The molecule has 0 unspecified atom stereocenters. The molecule has 2 aromatic carbocycles. The molecule has 0 aliphatic carbocycles. The summed E-state index contributed by atoms with van der Waals surface area (Å²) in [6.07, 6.45) is -5.33. The lowest BCUT2D eigenvalue weighted by molar-refractivity contribution is -0.137. The Bertz CT molecular complexity index is 675. The van der Waals surface area contributed by atoms with Crippen molar-refractivity contribution in [2.24, 2.45) is 0 Å². The number of hydrazine groups is 1. The van der Waals surface area contributed by atoms with Crippen LogP contribution >= 0.6 is 0 Å². The third-order valence-corrected chi connectivity index (χ3v) is 3.26. The third-order valence-electron chi connectivity index (χ3n) is 3.26. The predicted octanol–water partition coefficient (Wildman–Crippen LogP) is 3.75. The number of hydrogen-bond donors (Lipinski definition) is 2. The molecule has 0 fully saturated rings.